The van der Waals surface area contributed by atoms with Crippen LogP contribution in [0.4, 0.5) is 5.69 Å². The van der Waals surface area contributed by atoms with E-state index in [4.69, 9.17) is 0 Å². The van der Waals surface area contributed by atoms with Gasteiger partial charge in [-0.1, -0.05) is 36.4 Å². The van der Waals surface area contributed by atoms with Crippen LogP contribution in [0, 0.1) is 0 Å². The number of thioether (sulfide) groups is 1. The Kier molecular flexibility index (Phi) is 3.27. The van der Waals surface area contributed by atoms with Gasteiger partial charge in [0.25, 0.3) is 0 Å². The molecule has 0 aliphatic carbocycles. The van der Waals surface area contributed by atoms with E-state index in [2.05, 4.69) is 5.32 Å². The minimum Gasteiger partial charge on any atom is -0.384 e. The molecular weight excluding hydrogens is 258 g/mol. The van der Waals surface area contributed by atoms with Crippen LogP contribution in [0.15, 0.2) is 53.4 Å². The minimum absolute atomic E-state index is 0.00357. The number of carbonyl (C=O) groups excluding carboxylic acids is 1. The summed E-state index contributed by atoms with van der Waals surface area (Å²) in [7, 11) is 0. The first-order valence-electron chi connectivity index (χ1n) is 6.03. The quantitative estimate of drug-likeness (QED) is 0.883. The van der Waals surface area contributed by atoms with E-state index in [-0.39, 0.29) is 5.91 Å². The number of carbonyl (C=O) groups is 1. The van der Waals surface area contributed by atoms with Crippen molar-refractivity contribution in [2.45, 2.75) is 11.0 Å². The van der Waals surface area contributed by atoms with E-state index in [9.17, 15) is 9.90 Å². The van der Waals surface area contributed by atoms with Crippen LogP contribution in [0.25, 0.3) is 0 Å². The summed E-state index contributed by atoms with van der Waals surface area (Å²) in [6, 6.07) is 15.2. The average molecular weight is 271 g/mol. The molecule has 0 saturated heterocycles. The Morgan fingerprint density at radius 1 is 1.11 bits per heavy atom. The number of anilines is 1. The lowest BCUT2D eigenvalue weighted by Crippen LogP contribution is -2.19. The molecule has 4 heteroatoms. The lowest BCUT2D eigenvalue weighted by atomic mass is 10.0. The summed E-state index contributed by atoms with van der Waals surface area (Å²) in [5, 5.41) is 13.2. The Bertz CT molecular complexity index is 613. The normalized spacial score (nSPS) is 15.5. The van der Waals surface area contributed by atoms with Crippen LogP contribution in [0.5, 0.6) is 0 Å². The molecule has 1 amide bonds. The Hall–Kier alpha value is -1.78. The van der Waals surface area contributed by atoms with Crippen molar-refractivity contribution in [3.63, 3.8) is 0 Å². The fourth-order valence-corrected chi connectivity index (χ4v) is 2.89. The topological polar surface area (TPSA) is 49.3 Å². The van der Waals surface area contributed by atoms with Crippen LogP contribution in [0.3, 0.4) is 0 Å². The molecule has 96 valence electrons. The smallest absolute Gasteiger partial charge is 0.234 e. The molecule has 3 nitrogen and oxygen atoms in total. The number of hydrogen-bond acceptors (Lipinski definition) is 3. The Labute approximate surface area is 115 Å². The van der Waals surface area contributed by atoms with Gasteiger partial charge in [-0.2, -0.15) is 0 Å². The second-order valence-electron chi connectivity index (χ2n) is 4.41. The van der Waals surface area contributed by atoms with Crippen molar-refractivity contribution >= 4 is 23.4 Å². The second kappa shape index (κ2) is 5.07. The van der Waals surface area contributed by atoms with Crippen molar-refractivity contribution < 1.29 is 9.90 Å². The van der Waals surface area contributed by atoms with Crippen molar-refractivity contribution in [3.05, 3.63) is 59.7 Å². The molecule has 1 aliphatic rings. The molecule has 0 aromatic heterocycles. The summed E-state index contributed by atoms with van der Waals surface area (Å²) >= 11 is 1.52. The maximum absolute atomic E-state index is 11.4. The van der Waals surface area contributed by atoms with Crippen molar-refractivity contribution in [2.75, 3.05) is 11.1 Å². The molecule has 2 aromatic rings. The SMILES string of the molecule is O=C1CSc2ccc(C(O)c3ccccc3)cc2N1. The van der Waals surface area contributed by atoms with E-state index >= 15 is 0 Å². The summed E-state index contributed by atoms with van der Waals surface area (Å²) < 4.78 is 0. The van der Waals surface area contributed by atoms with Crippen molar-refractivity contribution in [3.8, 4) is 0 Å². The molecule has 1 heterocycles. The number of benzene rings is 2. The lowest BCUT2D eigenvalue weighted by molar-refractivity contribution is -0.113. The van der Waals surface area contributed by atoms with E-state index in [0.29, 0.717) is 5.75 Å². The van der Waals surface area contributed by atoms with Gasteiger partial charge in [0.2, 0.25) is 5.91 Å². The molecule has 1 unspecified atom stereocenters. The van der Waals surface area contributed by atoms with E-state index in [1.54, 1.807) is 0 Å². The molecule has 2 N–H and O–H groups in total. The van der Waals surface area contributed by atoms with E-state index < -0.39 is 6.10 Å². The zero-order valence-corrected chi connectivity index (χ0v) is 11.0. The van der Waals surface area contributed by atoms with Gasteiger partial charge in [0.05, 0.1) is 11.4 Å². The maximum Gasteiger partial charge on any atom is 0.234 e. The van der Waals surface area contributed by atoms with Crippen LogP contribution in [0.2, 0.25) is 0 Å². The van der Waals surface area contributed by atoms with Crippen LogP contribution in [-0.2, 0) is 4.79 Å². The molecule has 0 radical (unpaired) electrons. The largest absolute Gasteiger partial charge is 0.384 e. The Morgan fingerprint density at radius 2 is 1.89 bits per heavy atom. The molecule has 0 bridgehead atoms. The number of hydrogen-bond donors (Lipinski definition) is 2. The summed E-state index contributed by atoms with van der Waals surface area (Å²) in [5.74, 6) is 0.456. The first-order valence-corrected chi connectivity index (χ1v) is 7.02. The van der Waals surface area contributed by atoms with E-state index in [1.165, 1.54) is 11.8 Å². The molecule has 1 aliphatic heterocycles. The van der Waals surface area contributed by atoms with Gasteiger partial charge in [-0.05, 0) is 23.3 Å². The number of nitrogens with one attached hydrogen (secondary N) is 1. The van der Waals surface area contributed by atoms with Crippen molar-refractivity contribution in [1.29, 1.82) is 0 Å². The van der Waals surface area contributed by atoms with Crippen LogP contribution in [0.1, 0.15) is 17.2 Å². The highest BCUT2D eigenvalue weighted by Crippen LogP contribution is 2.34. The molecule has 0 fully saturated rings. The third-order valence-electron chi connectivity index (χ3n) is 3.07. The molecule has 0 saturated carbocycles. The number of amides is 1. The van der Waals surface area contributed by atoms with Crippen molar-refractivity contribution in [2.24, 2.45) is 0 Å². The summed E-state index contributed by atoms with van der Waals surface area (Å²) in [6.07, 6.45) is -0.671. The van der Waals surface area contributed by atoms with Gasteiger partial charge in [0.15, 0.2) is 0 Å². The molecular formula is C15H13NO2S. The van der Waals surface area contributed by atoms with Gasteiger partial charge in [0, 0.05) is 4.90 Å². The molecule has 1 atom stereocenters. The summed E-state index contributed by atoms with van der Waals surface area (Å²) in [5.41, 5.74) is 2.42. The molecule has 2 aromatic carbocycles. The zero-order valence-electron chi connectivity index (χ0n) is 10.2. The first-order chi connectivity index (χ1) is 9.24. The lowest BCUT2D eigenvalue weighted by Gasteiger charge is -2.19. The number of rotatable bonds is 2. The third-order valence-corrected chi connectivity index (χ3v) is 4.14. The first kappa shape index (κ1) is 12.3. The van der Waals surface area contributed by atoms with E-state index in [0.717, 1.165) is 21.7 Å². The Morgan fingerprint density at radius 3 is 2.68 bits per heavy atom. The standard InChI is InChI=1S/C15H13NO2S/c17-14-9-19-13-7-6-11(8-12(13)16-14)15(18)10-4-2-1-3-5-10/h1-8,15,18H,9H2,(H,16,17). The third kappa shape index (κ3) is 2.50. The van der Waals surface area contributed by atoms with Crippen LogP contribution >= 0.6 is 11.8 Å². The van der Waals surface area contributed by atoms with Gasteiger partial charge >= 0.3 is 0 Å². The fraction of sp³-hybridized carbons (Fsp3) is 0.133. The number of aliphatic hydroxyl groups is 1. The van der Waals surface area contributed by atoms with Gasteiger partial charge in [-0.15, -0.1) is 11.8 Å². The minimum atomic E-state index is -0.671. The highest BCUT2D eigenvalue weighted by Gasteiger charge is 2.18. The fourth-order valence-electron chi connectivity index (χ4n) is 2.10. The second-order valence-corrected chi connectivity index (χ2v) is 5.42. The highest BCUT2D eigenvalue weighted by atomic mass is 32.2. The van der Waals surface area contributed by atoms with Gasteiger partial charge in [-0.3, -0.25) is 4.79 Å². The van der Waals surface area contributed by atoms with Gasteiger partial charge in [-0.25, -0.2) is 0 Å². The molecule has 3 rings (SSSR count). The predicted molar refractivity (Wildman–Crippen MR) is 76.3 cm³/mol. The van der Waals surface area contributed by atoms with E-state index in [1.807, 2.05) is 48.5 Å². The van der Waals surface area contributed by atoms with Gasteiger partial charge in [0.1, 0.15) is 6.10 Å². The number of aliphatic hydroxyl groups excluding tert-OH is 1. The summed E-state index contributed by atoms with van der Waals surface area (Å²) in [6.45, 7) is 0. The van der Waals surface area contributed by atoms with Crippen LogP contribution < -0.4 is 5.32 Å². The molecule has 19 heavy (non-hydrogen) atoms. The average Bonchev–Trinajstić information content (AvgIpc) is 2.46. The monoisotopic (exact) mass is 271 g/mol. The Balaban J connectivity index is 1.94. The summed E-state index contributed by atoms with van der Waals surface area (Å²) in [4.78, 5) is 12.4. The van der Waals surface area contributed by atoms with Crippen LogP contribution in [-0.4, -0.2) is 16.8 Å². The van der Waals surface area contributed by atoms with Gasteiger partial charge < -0.3 is 10.4 Å². The highest BCUT2D eigenvalue weighted by molar-refractivity contribution is 8.00. The maximum atomic E-state index is 11.4. The molecule has 0 spiro atoms. The predicted octanol–water partition coefficient (Wildman–Crippen LogP) is 2.81. The zero-order chi connectivity index (χ0) is 13.2. The van der Waals surface area contributed by atoms with Crippen molar-refractivity contribution in [1.82, 2.24) is 0 Å². The number of fused-ring (bicyclic) bond motifs is 1.